The molecule has 2 nitrogen and oxygen atoms in total. The van der Waals surface area contributed by atoms with Crippen molar-refractivity contribution in [3.8, 4) is 0 Å². The van der Waals surface area contributed by atoms with Gasteiger partial charge in [-0.15, -0.1) is 0 Å². The van der Waals surface area contributed by atoms with Crippen LogP contribution in [0.15, 0.2) is 0 Å². The molecule has 8 heavy (non-hydrogen) atoms. The lowest BCUT2D eigenvalue weighted by molar-refractivity contribution is 0.575. The maximum absolute atomic E-state index is 10.7. The Balaban J connectivity index is 3.29. The van der Waals surface area contributed by atoms with Crippen LogP contribution < -0.4 is 5.73 Å². The third-order valence-electron chi connectivity index (χ3n) is 0.973. The minimum Gasteiger partial charge on any atom is -0.615 e. The second-order valence-corrected chi connectivity index (χ2v) is 3.47. The molecule has 0 spiro atoms. The van der Waals surface area contributed by atoms with Crippen LogP contribution in [0.1, 0.15) is 20.3 Å². The molecule has 0 aromatic rings. The van der Waals surface area contributed by atoms with Gasteiger partial charge in [-0.3, -0.25) is 0 Å². The molecular weight excluding hydrogens is 122 g/mol. The lowest BCUT2D eigenvalue weighted by atomic mass is 10.5. The summed E-state index contributed by atoms with van der Waals surface area (Å²) < 4.78 is 10.7. The van der Waals surface area contributed by atoms with Crippen molar-refractivity contribution in [3.05, 3.63) is 0 Å². The standard InChI is InChI=1S/C5H12NOS/c1-3-5(6)8(7)4-2/h5-6H,3-4H2,1-2H3. The van der Waals surface area contributed by atoms with Gasteiger partial charge in [0.25, 0.3) is 0 Å². The van der Waals surface area contributed by atoms with Crippen LogP contribution in [0, 0.1) is 0 Å². The van der Waals surface area contributed by atoms with E-state index in [1.807, 2.05) is 13.8 Å². The maximum Gasteiger partial charge on any atom is 0.179 e. The molecule has 0 rings (SSSR count). The van der Waals surface area contributed by atoms with Crippen molar-refractivity contribution >= 4 is 11.2 Å². The van der Waals surface area contributed by atoms with Gasteiger partial charge in [-0.2, -0.15) is 0 Å². The van der Waals surface area contributed by atoms with Gasteiger partial charge < -0.3 is 4.55 Å². The summed E-state index contributed by atoms with van der Waals surface area (Å²) in [7, 11) is 0. The molecule has 1 N–H and O–H groups in total. The van der Waals surface area contributed by atoms with Gasteiger partial charge in [-0.05, 0) is 18.1 Å². The van der Waals surface area contributed by atoms with Crippen LogP contribution in [0.5, 0.6) is 0 Å². The zero-order chi connectivity index (χ0) is 6.57. The summed E-state index contributed by atoms with van der Waals surface area (Å²) in [6, 6.07) is 0. The van der Waals surface area contributed by atoms with Crippen molar-refractivity contribution in [2.24, 2.45) is 0 Å². The average Bonchev–Trinajstić information content (AvgIpc) is 1.84. The molecule has 1 radical (unpaired) electrons. The minimum atomic E-state index is -0.905. The lowest BCUT2D eigenvalue weighted by Gasteiger charge is -2.12. The van der Waals surface area contributed by atoms with Crippen LogP contribution in [0.3, 0.4) is 0 Å². The maximum atomic E-state index is 10.7. The van der Waals surface area contributed by atoms with E-state index in [1.54, 1.807) is 0 Å². The van der Waals surface area contributed by atoms with Gasteiger partial charge in [0.05, 0.1) is 0 Å². The van der Waals surface area contributed by atoms with Crippen LogP contribution in [-0.2, 0) is 11.2 Å². The third-order valence-corrected chi connectivity index (χ3v) is 2.51. The first-order valence-corrected chi connectivity index (χ1v) is 4.18. The molecular formula is C5H12NOS. The van der Waals surface area contributed by atoms with Crippen LogP contribution in [-0.4, -0.2) is 15.7 Å². The van der Waals surface area contributed by atoms with Crippen LogP contribution in [0.4, 0.5) is 0 Å². The molecule has 2 unspecified atom stereocenters. The molecule has 0 aromatic heterocycles. The monoisotopic (exact) mass is 134 g/mol. The summed E-state index contributed by atoms with van der Waals surface area (Å²) in [6.07, 6.45) is 0.695. The Morgan fingerprint density at radius 1 is 1.62 bits per heavy atom. The van der Waals surface area contributed by atoms with Gasteiger partial charge in [-0.25, -0.2) is 5.73 Å². The summed E-state index contributed by atoms with van der Waals surface area (Å²) in [5.41, 5.74) is 7.13. The Hall–Kier alpha value is 0.270. The highest BCUT2D eigenvalue weighted by Crippen LogP contribution is 2.00. The van der Waals surface area contributed by atoms with Crippen molar-refractivity contribution in [2.45, 2.75) is 25.6 Å². The number of hydrogen-bond acceptors (Lipinski definition) is 1. The predicted octanol–water partition coefficient (Wildman–Crippen LogP) is 0.774. The average molecular weight is 134 g/mol. The molecule has 0 saturated carbocycles. The summed E-state index contributed by atoms with van der Waals surface area (Å²) in [6.45, 7) is 3.72. The van der Waals surface area contributed by atoms with Crippen LogP contribution in [0.2, 0.25) is 0 Å². The van der Waals surface area contributed by atoms with Gasteiger partial charge in [-0.1, -0.05) is 6.92 Å². The van der Waals surface area contributed by atoms with Crippen LogP contribution >= 0.6 is 0 Å². The second kappa shape index (κ2) is 4.18. The molecule has 0 aliphatic heterocycles. The minimum absolute atomic E-state index is 0.361. The van der Waals surface area contributed by atoms with E-state index >= 15 is 0 Å². The highest BCUT2D eigenvalue weighted by Gasteiger charge is 2.11. The smallest absolute Gasteiger partial charge is 0.179 e. The second-order valence-electron chi connectivity index (χ2n) is 1.57. The quantitative estimate of drug-likeness (QED) is 0.526. The Bertz CT molecular complexity index is 52.4. The molecule has 2 atom stereocenters. The van der Waals surface area contributed by atoms with E-state index < -0.39 is 11.2 Å². The molecule has 0 aliphatic carbocycles. The van der Waals surface area contributed by atoms with E-state index in [1.165, 1.54) is 0 Å². The molecule has 0 fully saturated rings. The third kappa shape index (κ3) is 2.55. The highest BCUT2D eigenvalue weighted by molar-refractivity contribution is 7.91. The first-order valence-electron chi connectivity index (χ1n) is 2.80. The Labute approximate surface area is 53.6 Å². The SMILES string of the molecule is CCC([NH])[S+]([O-])CC. The fraction of sp³-hybridized carbons (Fsp3) is 1.00. The Morgan fingerprint density at radius 2 is 2.12 bits per heavy atom. The van der Waals surface area contributed by atoms with E-state index in [2.05, 4.69) is 0 Å². The molecule has 0 amide bonds. The summed E-state index contributed by atoms with van der Waals surface area (Å²) in [4.78, 5) is 0. The van der Waals surface area contributed by atoms with Gasteiger partial charge in [0.15, 0.2) is 5.37 Å². The van der Waals surface area contributed by atoms with E-state index in [0.29, 0.717) is 12.2 Å². The van der Waals surface area contributed by atoms with Crippen molar-refractivity contribution in [2.75, 3.05) is 5.75 Å². The van der Waals surface area contributed by atoms with E-state index in [-0.39, 0.29) is 5.37 Å². The molecule has 3 heteroatoms. The molecule has 49 valence electrons. The molecule has 0 heterocycles. The van der Waals surface area contributed by atoms with E-state index in [4.69, 9.17) is 5.73 Å². The zero-order valence-electron chi connectivity index (χ0n) is 5.31. The fourth-order valence-electron chi connectivity index (χ4n) is 0.387. The topological polar surface area (TPSA) is 46.9 Å². The largest absolute Gasteiger partial charge is 0.615 e. The summed E-state index contributed by atoms with van der Waals surface area (Å²) in [5.74, 6) is 0.613. The zero-order valence-corrected chi connectivity index (χ0v) is 6.12. The number of hydrogen-bond donors (Lipinski definition) is 0. The first kappa shape index (κ1) is 8.27. The Kier molecular flexibility index (Phi) is 4.32. The number of rotatable bonds is 3. The van der Waals surface area contributed by atoms with Crippen molar-refractivity contribution in [3.63, 3.8) is 0 Å². The van der Waals surface area contributed by atoms with Crippen molar-refractivity contribution < 1.29 is 4.55 Å². The summed E-state index contributed by atoms with van der Waals surface area (Å²) in [5, 5.41) is -0.361. The predicted molar refractivity (Wildman–Crippen MR) is 35.9 cm³/mol. The fourth-order valence-corrected chi connectivity index (χ4v) is 1.16. The molecule has 0 aromatic carbocycles. The lowest BCUT2D eigenvalue weighted by Crippen LogP contribution is -2.22. The van der Waals surface area contributed by atoms with E-state index in [9.17, 15) is 4.55 Å². The van der Waals surface area contributed by atoms with Gasteiger partial charge >= 0.3 is 0 Å². The summed E-state index contributed by atoms with van der Waals surface area (Å²) >= 11 is -0.905. The van der Waals surface area contributed by atoms with Gasteiger partial charge in [0.2, 0.25) is 0 Å². The highest BCUT2D eigenvalue weighted by atomic mass is 32.2. The molecule has 0 bridgehead atoms. The normalized spacial score (nSPS) is 18.0. The first-order chi connectivity index (χ1) is 3.72. The van der Waals surface area contributed by atoms with Gasteiger partial charge in [0, 0.05) is 6.42 Å². The van der Waals surface area contributed by atoms with Crippen molar-refractivity contribution in [1.29, 1.82) is 0 Å². The van der Waals surface area contributed by atoms with E-state index in [0.717, 1.165) is 0 Å². The molecule has 0 aliphatic rings. The van der Waals surface area contributed by atoms with Gasteiger partial charge in [0.1, 0.15) is 5.75 Å². The Morgan fingerprint density at radius 3 is 2.25 bits per heavy atom. The number of nitrogens with one attached hydrogen (secondary N) is 1. The van der Waals surface area contributed by atoms with Crippen LogP contribution in [0.25, 0.3) is 0 Å². The molecule has 0 saturated heterocycles. The van der Waals surface area contributed by atoms with Crippen molar-refractivity contribution in [1.82, 2.24) is 5.73 Å².